The molecule has 22 heavy (non-hydrogen) atoms. The van der Waals surface area contributed by atoms with Crippen LogP contribution in [0.5, 0.6) is 0 Å². The van der Waals surface area contributed by atoms with Crippen molar-refractivity contribution in [3.63, 3.8) is 0 Å². The Balaban J connectivity index is 2.19. The summed E-state index contributed by atoms with van der Waals surface area (Å²) in [6.07, 6.45) is 0.0855. The molecular formula is C16H33NO3SSi. The van der Waals surface area contributed by atoms with Crippen LogP contribution in [0, 0.1) is 0 Å². The molecule has 0 aliphatic carbocycles. The molecule has 2 heterocycles. The Morgan fingerprint density at radius 1 is 1.32 bits per heavy atom. The Labute approximate surface area is 141 Å². The highest BCUT2D eigenvalue weighted by molar-refractivity contribution is 8.00. The van der Waals surface area contributed by atoms with E-state index in [9.17, 15) is 0 Å². The minimum Gasteiger partial charge on any atom is -0.409 e. The van der Waals surface area contributed by atoms with Crippen LogP contribution < -0.4 is 0 Å². The summed E-state index contributed by atoms with van der Waals surface area (Å²) in [5.41, 5.74) is 0. The molecule has 1 unspecified atom stereocenters. The topological polar surface area (TPSA) is 30.9 Å². The van der Waals surface area contributed by atoms with E-state index in [1.165, 1.54) is 0 Å². The second-order valence-corrected chi connectivity index (χ2v) is 14.4. The van der Waals surface area contributed by atoms with Gasteiger partial charge in [-0.2, -0.15) is 0 Å². The molecule has 0 aromatic carbocycles. The zero-order valence-corrected chi connectivity index (χ0v) is 17.3. The van der Waals surface area contributed by atoms with Crippen molar-refractivity contribution in [2.75, 3.05) is 26.0 Å². The van der Waals surface area contributed by atoms with Crippen LogP contribution in [0.25, 0.3) is 0 Å². The summed E-state index contributed by atoms with van der Waals surface area (Å²) in [5.74, 6) is 0.664. The van der Waals surface area contributed by atoms with E-state index < -0.39 is 14.1 Å². The highest BCUT2D eigenvalue weighted by Crippen LogP contribution is 2.41. The molecule has 0 radical (unpaired) electrons. The number of hydrogen-bond donors (Lipinski definition) is 0. The lowest BCUT2D eigenvalue weighted by molar-refractivity contribution is -0.151. The van der Waals surface area contributed by atoms with Crippen molar-refractivity contribution in [1.82, 2.24) is 4.90 Å². The summed E-state index contributed by atoms with van der Waals surface area (Å²) >= 11 is 1.98. The maximum Gasteiger partial charge on any atom is 0.192 e. The van der Waals surface area contributed by atoms with Gasteiger partial charge in [0.1, 0.15) is 6.10 Å². The average molecular weight is 348 g/mol. The van der Waals surface area contributed by atoms with Gasteiger partial charge in [0.15, 0.2) is 14.1 Å². The third-order valence-corrected chi connectivity index (χ3v) is 10.9. The second kappa shape index (κ2) is 6.37. The molecule has 0 N–H and O–H groups in total. The zero-order valence-electron chi connectivity index (χ0n) is 15.4. The molecule has 2 aliphatic rings. The van der Waals surface area contributed by atoms with E-state index in [1.807, 2.05) is 25.6 Å². The Bertz CT molecular complexity index is 397. The molecule has 130 valence electrons. The van der Waals surface area contributed by atoms with Gasteiger partial charge in [0, 0.05) is 12.3 Å². The Kier molecular flexibility index (Phi) is 5.43. The van der Waals surface area contributed by atoms with Crippen LogP contribution in [0.1, 0.15) is 34.6 Å². The summed E-state index contributed by atoms with van der Waals surface area (Å²) < 4.78 is 18.8. The van der Waals surface area contributed by atoms with Crippen molar-refractivity contribution in [2.45, 2.75) is 76.1 Å². The van der Waals surface area contributed by atoms with Crippen LogP contribution in [-0.4, -0.2) is 62.5 Å². The second-order valence-electron chi connectivity index (χ2n) is 8.45. The first kappa shape index (κ1) is 18.7. The Morgan fingerprint density at radius 3 is 2.36 bits per heavy atom. The van der Waals surface area contributed by atoms with E-state index in [-0.39, 0.29) is 17.2 Å². The normalized spacial score (nSPS) is 31.6. The SMILES string of the molecule is CN1CCSC1[C@H](O[Si](C)(C)C(C)(C)C)[C@H]1COC(C)(C)O1. The van der Waals surface area contributed by atoms with Gasteiger partial charge in [0.05, 0.1) is 18.1 Å². The van der Waals surface area contributed by atoms with Gasteiger partial charge in [-0.3, -0.25) is 4.90 Å². The lowest BCUT2D eigenvalue weighted by Crippen LogP contribution is -2.53. The molecule has 0 amide bonds. The first-order chi connectivity index (χ1) is 9.93. The fourth-order valence-corrected chi connectivity index (χ4v) is 5.46. The van der Waals surface area contributed by atoms with Crippen LogP contribution in [0.4, 0.5) is 0 Å². The third kappa shape index (κ3) is 4.08. The Morgan fingerprint density at radius 2 is 1.95 bits per heavy atom. The fourth-order valence-electron chi connectivity index (χ4n) is 2.63. The van der Waals surface area contributed by atoms with E-state index in [2.05, 4.69) is 45.8 Å². The molecule has 3 atom stereocenters. The van der Waals surface area contributed by atoms with Crippen LogP contribution in [-0.2, 0) is 13.9 Å². The molecule has 2 saturated heterocycles. The van der Waals surface area contributed by atoms with Crippen LogP contribution >= 0.6 is 11.8 Å². The number of rotatable bonds is 4. The predicted molar refractivity (Wildman–Crippen MR) is 95.9 cm³/mol. The standard InChI is InChI=1S/C16H33NO3SSi/c1-15(2,3)22(7,8)20-13(14-17(6)9-10-21-14)12-11-18-16(4,5)19-12/h12-14H,9-11H2,1-8H3/t12-,13-,14?/m1/s1. The van der Waals surface area contributed by atoms with Gasteiger partial charge in [0.2, 0.25) is 0 Å². The van der Waals surface area contributed by atoms with Crippen LogP contribution in [0.2, 0.25) is 18.1 Å². The molecule has 0 bridgehead atoms. The number of hydrogen-bond acceptors (Lipinski definition) is 5. The molecule has 2 aliphatic heterocycles. The van der Waals surface area contributed by atoms with E-state index >= 15 is 0 Å². The monoisotopic (exact) mass is 347 g/mol. The van der Waals surface area contributed by atoms with Gasteiger partial charge in [-0.05, 0) is 39.0 Å². The van der Waals surface area contributed by atoms with Gasteiger partial charge < -0.3 is 13.9 Å². The van der Waals surface area contributed by atoms with Crippen molar-refractivity contribution in [3.05, 3.63) is 0 Å². The molecule has 6 heteroatoms. The Hall–Kier alpha value is 0.407. The quantitative estimate of drug-likeness (QED) is 0.726. The van der Waals surface area contributed by atoms with Gasteiger partial charge in [-0.25, -0.2) is 0 Å². The van der Waals surface area contributed by atoms with Gasteiger partial charge in [-0.15, -0.1) is 11.8 Å². The predicted octanol–water partition coefficient (Wildman–Crippen LogP) is 3.53. The largest absolute Gasteiger partial charge is 0.409 e. The summed E-state index contributed by atoms with van der Waals surface area (Å²) in [5, 5.41) is 0.554. The minimum atomic E-state index is -1.85. The van der Waals surface area contributed by atoms with Crippen LogP contribution in [0.15, 0.2) is 0 Å². The maximum absolute atomic E-state index is 6.81. The van der Waals surface area contributed by atoms with Crippen molar-refractivity contribution in [1.29, 1.82) is 0 Å². The summed E-state index contributed by atoms with van der Waals surface area (Å²) in [7, 11) is 0.334. The maximum atomic E-state index is 6.81. The molecule has 0 spiro atoms. The summed E-state index contributed by atoms with van der Waals surface area (Å²) in [4.78, 5) is 2.40. The number of nitrogens with zero attached hydrogens (tertiary/aromatic N) is 1. The van der Waals surface area contributed by atoms with Crippen molar-refractivity contribution >= 4 is 20.1 Å². The summed E-state index contributed by atoms with van der Waals surface area (Å²) in [6.45, 7) is 17.2. The first-order valence-electron chi connectivity index (χ1n) is 8.24. The molecule has 2 rings (SSSR count). The van der Waals surface area contributed by atoms with Gasteiger partial charge in [-0.1, -0.05) is 20.8 Å². The van der Waals surface area contributed by atoms with Crippen LogP contribution in [0.3, 0.4) is 0 Å². The van der Waals surface area contributed by atoms with Crippen molar-refractivity contribution in [3.8, 4) is 0 Å². The fraction of sp³-hybridized carbons (Fsp3) is 1.00. The molecule has 0 aromatic rings. The molecule has 0 aromatic heterocycles. The lowest BCUT2D eigenvalue weighted by Gasteiger charge is -2.43. The molecule has 2 fully saturated rings. The van der Waals surface area contributed by atoms with Crippen molar-refractivity contribution in [2.24, 2.45) is 0 Å². The van der Waals surface area contributed by atoms with E-state index in [0.29, 0.717) is 12.0 Å². The molecule has 4 nitrogen and oxygen atoms in total. The lowest BCUT2D eigenvalue weighted by atomic mass is 10.2. The third-order valence-electron chi connectivity index (χ3n) is 5.08. The van der Waals surface area contributed by atoms with Gasteiger partial charge >= 0.3 is 0 Å². The molecular weight excluding hydrogens is 314 g/mol. The average Bonchev–Trinajstić information content (AvgIpc) is 2.91. The number of thioether (sulfide) groups is 1. The zero-order chi connectivity index (χ0) is 16.8. The van der Waals surface area contributed by atoms with Gasteiger partial charge in [0.25, 0.3) is 0 Å². The number of ether oxygens (including phenoxy) is 2. The number of likely N-dealkylation sites (N-methyl/N-ethyl adjacent to an activating group) is 1. The van der Waals surface area contributed by atoms with E-state index in [4.69, 9.17) is 13.9 Å². The van der Waals surface area contributed by atoms with E-state index in [0.717, 1.165) is 12.3 Å². The highest BCUT2D eigenvalue weighted by atomic mass is 32.2. The molecule has 0 saturated carbocycles. The minimum absolute atomic E-state index is 0.0159. The first-order valence-corrected chi connectivity index (χ1v) is 12.2. The smallest absolute Gasteiger partial charge is 0.192 e. The van der Waals surface area contributed by atoms with Crippen molar-refractivity contribution < 1.29 is 13.9 Å². The summed E-state index contributed by atoms with van der Waals surface area (Å²) in [6, 6.07) is 0. The van der Waals surface area contributed by atoms with E-state index in [1.54, 1.807) is 0 Å². The highest BCUT2D eigenvalue weighted by Gasteiger charge is 2.48.